The molecular weight excluding hydrogens is 194 g/mol. The van der Waals surface area contributed by atoms with E-state index in [1.165, 1.54) is 10.6 Å². The van der Waals surface area contributed by atoms with Gasteiger partial charge in [0, 0.05) is 7.26 Å². The SMILES string of the molecule is CP(C)(C)=C1[C-]=C([P+](C)(C)C)C=C1. The summed E-state index contributed by atoms with van der Waals surface area (Å²) in [7, 11) is -0.855. The van der Waals surface area contributed by atoms with Crippen molar-refractivity contribution >= 4 is 19.4 Å². The molecule has 0 fully saturated rings. The van der Waals surface area contributed by atoms with Crippen molar-refractivity contribution in [2.75, 3.05) is 40.0 Å². The number of hydrogen-bond donors (Lipinski definition) is 0. The van der Waals surface area contributed by atoms with Crippen LogP contribution in [0.3, 0.4) is 0 Å². The summed E-state index contributed by atoms with van der Waals surface area (Å²) in [5.41, 5.74) is 0. The van der Waals surface area contributed by atoms with E-state index in [0.29, 0.717) is 0 Å². The summed E-state index contributed by atoms with van der Waals surface area (Å²) in [4.78, 5) is 0. The molecule has 0 heterocycles. The van der Waals surface area contributed by atoms with Crippen molar-refractivity contribution in [3.05, 3.63) is 23.5 Å². The van der Waals surface area contributed by atoms with Crippen LogP contribution in [0.4, 0.5) is 0 Å². The lowest BCUT2D eigenvalue weighted by Crippen LogP contribution is -1.91. The Hall–Kier alpha value is 0.210. The molecule has 0 aromatic carbocycles. The second-order valence-electron chi connectivity index (χ2n) is 5.25. The Morgan fingerprint density at radius 2 is 1.62 bits per heavy atom. The standard InChI is InChI=1S/C11H20P2/c1-12(2,3)10-7-8-11(9-10)13(4,5)6/h7-8H,1-6H3. The van der Waals surface area contributed by atoms with Gasteiger partial charge in [0.15, 0.2) is 0 Å². The van der Waals surface area contributed by atoms with Gasteiger partial charge in [-0.05, 0) is 25.3 Å². The molecule has 0 saturated carbocycles. The van der Waals surface area contributed by atoms with Gasteiger partial charge in [0.25, 0.3) is 0 Å². The monoisotopic (exact) mass is 214 g/mol. The molecule has 1 aliphatic carbocycles. The lowest BCUT2D eigenvalue weighted by atomic mass is 10.5. The summed E-state index contributed by atoms with van der Waals surface area (Å²) in [6, 6.07) is 0. The maximum atomic E-state index is 3.59. The van der Waals surface area contributed by atoms with Crippen LogP contribution < -0.4 is 0 Å². The fourth-order valence-electron chi connectivity index (χ4n) is 1.16. The van der Waals surface area contributed by atoms with Gasteiger partial charge >= 0.3 is 0 Å². The maximum absolute atomic E-state index is 3.59. The fourth-order valence-corrected chi connectivity index (χ4v) is 3.20. The molecule has 0 nitrogen and oxygen atoms in total. The molecule has 0 aromatic heterocycles. The average molecular weight is 214 g/mol. The highest BCUT2D eigenvalue weighted by molar-refractivity contribution is 7.78. The molecule has 2 heteroatoms. The van der Waals surface area contributed by atoms with Crippen molar-refractivity contribution in [1.82, 2.24) is 0 Å². The summed E-state index contributed by atoms with van der Waals surface area (Å²) >= 11 is 0. The average Bonchev–Trinajstić information content (AvgIpc) is 2.28. The maximum Gasteiger partial charge on any atom is 0.0510 e. The van der Waals surface area contributed by atoms with Gasteiger partial charge in [0.05, 0.1) is 20.0 Å². The molecule has 0 amide bonds. The van der Waals surface area contributed by atoms with E-state index in [9.17, 15) is 0 Å². The smallest absolute Gasteiger partial charge is 0.0510 e. The second kappa shape index (κ2) is 3.41. The first-order valence-electron chi connectivity index (χ1n) is 4.54. The van der Waals surface area contributed by atoms with E-state index in [4.69, 9.17) is 0 Å². The quantitative estimate of drug-likeness (QED) is 0.464. The molecule has 0 N–H and O–H groups in total. The minimum Gasteiger partial charge on any atom is -0.203 e. The summed E-state index contributed by atoms with van der Waals surface area (Å²) < 4.78 is 0. The third-order valence-corrected chi connectivity index (χ3v) is 5.51. The Labute approximate surface area is 83.4 Å². The zero-order chi connectivity index (χ0) is 10.3. The molecular formula is C11H20P2. The minimum atomic E-state index is -0.855. The van der Waals surface area contributed by atoms with Gasteiger partial charge in [-0.25, -0.2) is 6.08 Å². The number of allylic oxidation sites excluding steroid dienone is 4. The van der Waals surface area contributed by atoms with E-state index in [-0.39, 0.29) is 0 Å². The van der Waals surface area contributed by atoms with Crippen LogP contribution in [0.2, 0.25) is 0 Å². The van der Waals surface area contributed by atoms with Crippen LogP contribution in [-0.4, -0.2) is 45.3 Å². The van der Waals surface area contributed by atoms with Crippen LogP contribution in [0, 0.1) is 6.08 Å². The van der Waals surface area contributed by atoms with Crippen LogP contribution in [-0.2, 0) is 0 Å². The Morgan fingerprint density at radius 3 is 1.85 bits per heavy atom. The van der Waals surface area contributed by atoms with E-state index < -0.39 is 14.1 Å². The van der Waals surface area contributed by atoms with E-state index in [2.05, 4.69) is 58.2 Å². The molecule has 13 heavy (non-hydrogen) atoms. The first-order valence-corrected chi connectivity index (χ1v) is 10.8. The van der Waals surface area contributed by atoms with Gasteiger partial charge in [0.1, 0.15) is 0 Å². The minimum absolute atomic E-state index is 0.855. The van der Waals surface area contributed by atoms with Gasteiger partial charge in [0.2, 0.25) is 0 Å². The first-order chi connectivity index (χ1) is 5.71. The summed E-state index contributed by atoms with van der Waals surface area (Å²) in [6.45, 7) is 13.3. The molecule has 0 spiro atoms. The van der Waals surface area contributed by atoms with E-state index >= 15 is 0 Å². The lowest BCUT2D eigenvalue weighted by molar-refractivity contribution is 1.84. The highest BCUT2D eigenvalue weighted by Crippen LogP contribution is 2.57. The van der Waals surface area contributed by atoms with Crippen molar-refractivity contribution in [3.8, 4) is 0 Å². The van der Waals surface area contributed by atoms with Crippen LogP contribution >= 0.6 is 14.1 Å². The fraction of sp³-hybridized carbons (Fsp3) is 0.545. The Bertz CT molecular complexity index is 310. The van der Waals surface area contributed by atoms with Crippen molar-refractivity contribution in [2.45, 2.75) is 0 Å². The topological polar surface area (TPSA) is 0 Å². The van der Waals surface area contributed by atoms with Crippen molar-refractivity contribution < 1.29 is 0 Å². The summed E-state index contributed by atoms with van der Waals surface area (Å²) in [5, 5.41) is 2.91. The molecule has 0 aromatic rings. The predicted molar refractivity (Wildman–Crippen MR) is 70.3 cm³/mol. The van der Waals surface area contributed by atoms with Gasteiger partial charge in [-0.2, -0.15) is 6.08 Å². The van der Waals surface area contributed by atoms with Crippen LogP contribution in [0.15, 0.2) is 17.5 Å². The van der Waals surface area contributed by atoms with Crippen LogP contribution in [0.5, 0.6) is 0 Å². The molecule has 1 rings (SSSR count). The Kier molecular flexibility index (Phi) is 2.96. The Morgan fingerprint density at radius 1 is 1.08 bits per heavy atom. The number of hydrogen-bond acceptors (Lipinski definition) is 0. The first kappa shape index (κ1) is 11.3. The van der Waals surface area contributed by atoms with E-state index in [1.54, 1.807) is 0 Å². The molecule has 0 radical (unpaired) electrons. The van der Waals surface area contributed by atoms with Gasteiger partial charge in [-0.1, -0.05) is 0 Å². The zero-order valence-corrected chi connectivity index (χ0v) is 11.3. The van der Waals surface area contributed by atoms with Gasteiger partial charge in [-0.3, -0.25) is 0 Å². The molecule has 0 saturated heterocycles. The summed E-state index contributed by atoms with van der Waals surface area (Å²) in [5.74, 6) is 0. The van der Waals surface area contributed by atoms with Crippen molar-refractivity contribution in [3.63, 3.8) is 0 Å². The third kappa shape index (κ3) is 2.83. The lowest BCUT2D eigenvalue weighted by Gasteiger charge is -2.17. The van der Waals surface area contributed by atoms with Crippen molar-refractivity contribution in [1.29, 1.82) is 0 Å². The van der Waals surface area contributed by atoms with E-state index in [0.717, 1.165) is 0 Å². The highest BCUT2D eigenvalue weighted by atomic mass is 31.2. The van der Waals surface area contributed by atoms with Crippen LogP contribution in [0.1, 0.15) is 0 Å². The predicted octanol–water partition coefficient (Wildman–Crippen LogP) is 3.23. The largest absolute Gasteiger partial charge is 0.203 e. The molecule has 0 bridgehead atoms. The summed E-state index contributed by atoms with van der Waals surface area (Å²) in [6.07, 6.45) is 8.14. The zero-order valence-electron chi connectivity index (χ0n) is 9.55. The van der Waals surface area contributed by atoms with Crippen LogP contribution in [0.25, 0.3) is 0 Å². The molecule has 0 aliphatic heterocycles. The van der Waals surface area contributed by atoms with Gasteiger partial charge < -0.3 is 0 Å². The van der Waals surface area contributed by atoms with Crippen molar-refractivity contribution in [2.24, 2.45) is 0 Å². The van der Waals surface area contributed by atoms with E-state index in [1.807, 2.05) is 0 Å². The molecule has 0 unspecified atom stereocenters. The molecule has 1 aliphatic rings. The molecule has 74 valence electrons. The molecule has 0 atom stereocenters. The Balaban J connectivity index is 3.11. The van der Waals surface area contributed by atoms with Gasteiger partial charge in [-0.15, -0.1) is 18.3 Å². The number of rotatable bonds is 1. The highest BCUT2D eigenvalue weighted by Gasteiger charge is 2.19. The third-order valence-electron chi connectivity index (χ3n) is 2.10. The second-order valence-corrected chi connectivity index (χ2v) is 14.3. The normalized spacial score (nSPS) is 18.0.